The molecule has 0 spiro atoms. The third-order valence-electron chi connectivity index (χ3n) is 8.19. The average molecular weight is 628 g/mol. The van der Waals surface area contributed by atoms with Gasteiger partial charge in [0.25, 0.3) is 0 Å². The Morgan fingerprint density at radius 3 is 2.20 bits per heavy atom. The Hall–Kier alpha value is -3.65. The summed E-state index contributed by atoms with van der Waals surface area (Å²) in [6.07, 6.45) is 3.52. The molecule has 0 aliphatic carbocycles. The van der Waals surface area contributed by atoms with Gasteiger partial charge in [-0.2, -0.15) is 0 Å². The predicted molar refractivity (Wildman–Crippen MR) is 182 cm³/mol. The highest BCUT2D eigenvalue weighted by Gasteiger charge is 2.30. The lowest BCUT2D eigenvalue weighted by atomic mass is 9.86. The number of hydrogen-bond donors (Lipinski definition) is 0. The Bertz CT molecular complexity index is 1510. The van der Waals surface area contributed by atoms with E-state index in [9.17, 15) is 4.79 Å². The number of ether oxygens (including phenoxy) is 3. The molecule has 246 valence electrons. The fraction of sp³-hybridized carbons (Fsp3) is 0.462. The smallest absolute Gasteiger partial charge is 0.316 e. The van der Waals surface area contributed by atoms with Crippen LogP contribution >= 0.6 is 0 Å². The molecule has 1 fully saturated rings. The highest BCUT2D eigenvalue weighted by molar-refractivity contribution is 5.95. The van der Waals surface area contributed by atoms with E-state index in [2.05, 4.69) is 30.0 Å². The van der Waals surface area contributed by atoms with Crippen molar-refractivity contribution in [1.29, 1.82) is 0 Å². The normalized spacial score (nSPS) is 17.3. The Kier molecular flexibility index (Phi) is 10.6. The summed E-state index contributed by atoms with van der Waals surface area (Å²) in [6, 6.07) is 22.1. The molecule has 5 rings (SSSR count). The molecule has 0 aromatic heterocycles. The molecule has 46 heavy (non-hydrogen) atoms. The molecular weight excluding hydrogens is 578 g/mol. The van der Waals surface area contributed by atoms with E-state index in [1.165, 1.54) is 19.3 Å². The first kappa shape index (κ1) is 33.7. The molecule has 1 saturated heterocycles. The van der Waals surface area contributed by atoms with E-state index in [0.29, 0.717) is 19.0 Å². The van der Waals surface area contributed by atoms with Gasteiger partial charge in [0.15, 0.2) is 0 Å². The summed E-state index contributed by atoms with van der Waals surface area (Å²) in [6.45, 7) is 17.8. The first-order valence-corrected chi connectivity index (χ1v) is 16.5. The van der Waals surface area contributed by atoms with Crippen LogP contribution in [0, 0.1) is 5.41 Å². The summed E-state index contributed by atoms with van der Waals surface area (Å²) in [5, 5.41) is 0. The number of carbonyl (C=O) groups is 1. The lowest BCUT2D eigenvalue weighted by molar-refractivity contribution is -0.356. The minimum Gasteiger partial charge on any atom is -0.492 e. The number of benzene rings is 3. The minimum atomic E-state index is -0.587. The molecule has 2 heterocycles. The maximum absolute atomic E-state index is 12.5. The molecule has 7 heteroatoms. The quantitative estimate of drug-likeness (QED) is 0.0963. The zero-order valence-electron chi connectivity index (χ0n) is 28.5. The fourth-order valence-corrected chi connectivity index (χ4v) is 5.65. The van der Waals surface area contributed by atoms with Crippen LogP contribution in [-0.4, -0.2) is 42.7 Å². The molecule has 0 bridgehead atoms. The van der Waals surface area contributed by atoms with Gasteiger partial charge in [-0.05, 0) is 127 Å². The van der Waals surface area contributed by atoms with E-state index < -0.39 is 11.0 Å². The van der Waals surface area contributed by atoms with Gasteiger partial charge in [-0.25, -0.2) is 9.78 Å². The number of likely N-dealkylation sites (tertiary alicyclic amines) is 1. The predicted octanol–water partition coefficient (Wildman–Crippen LogP) is 8.81. The fourth-order valence-electron chi connectivity index (χ4n) is 5.65. The number of allylic oxidation sites excluding steroid dienone is 1. The van der Waals surface area contributed by atoms with Crippen LogP contribution in [0.25, 0.3) is 11.1 Å². The molecular formula is C39H49NO6. The monoisotopic (exact) mass is 627 g/mol. The van der Waals surface area contributed by atoms with Crippen molar-refractivity contribution in [1.82, 2.24) is 4.90 Å². The Labute approximate surface area is 274 Å². The molecule has 2 aliphatic rings. The van der Waals surface area contributed by atoms with Gasteiger partial charge in [-0.3, -0.25) is 9.69 Å². The molecule has 7 nitrogen and oxygen atoms in total. The second-order valence-corrected chi connectivity index (χ2v) is 14.3. The first-order chi connectivity index (χ1) is 21.9. The second-order valence-electron chi connectivity index (χ2n) is 14.3. The van der Waals surface area contributed by atoms with Crippen molar-refractivity contribution in [3.63, 3.8) is 0 Å². The third-order valence-corrected chi connectivity index (χ3v) is 8.19. The van der Waals surface area contributed by atoms with Gasteiger partial charge in [0.1, 0.15) is 36.6 Å². The summed E-state index contributed by atoms with van der Waals surface area (Å²) in [5.41, 5.74) is 5.18. The van der Waals surface area contributed by atoms with Crippen molar-refractivity contribution in [2.24, 2.45) is 5.41 Å². The van der Waals surface area contributed by atoms with E-state index in [4.69, 9.17) is 24.0 Å². The molecule has 3 aromatic carbocycles. The van der Waals surface area contributed by atoms with Crippen LogP contribution in [0.15, 0.2) is 66.7 Å². The molecule has 2 aliphatic heterocycles. The summed E-state index contributed by atoms with van der Waals surface area (Å²) in [4.78, 5) is 26.0. The number of piperidine rings is 1. The second kappa shape index (κ2) is 14.4. The van der Waals surface area contributed by atoms with Crippen molar-refractivity contribution in [2.45, 2.75) is 86.0 Å². The number of carbonyl (C=O) groups excluding carboxylic acids is 1. The number of nitrogens with zero attached hydrogens (tertiary/aromatic N) is 1. The van der Waals surface area contributed by atoms with Crippen LogP contribution in [0.1, 0.15) is 96.1 Å². The molecule has 0 radical (unpaired) electrons. The summed E-state index contributed by atoms with van der Waals surface area (Å²) in [5.74, 6) is 1.89. The lowest BCUT2D eigenvalue weighted by Crippen LogP contribution is -2.33. The highest BCUT2D eigenvalue weighted by Crippen LogP contribution is 2.47. The SMILES string of the molecule is CC1=C(c2ccc(OC(=O)C(C)(C)C)cc2)[C@H](c2ccc(OCCN3CCCCC3)cc2)Oc2cc(COOC(C)(C)C)ccc21. The molecule has 0 N–H and O–H groups in total. The van der Waals surface area contributed by atoms with Gasteiger partial charge in [-0.15, -0.1) is 0 Å². The van der Waals surface area contributed by atoms with Gasteiger partial charge in [0.05, 0.1) is 11.0 Å². The van der Waals surface area contributed by atoms with Crippen LogP contribution in [0.2, 0.25) is 0 Å². The zero-order valence-corrected chi connectivity index (χ0v) is 28.5. The standard InChI is InChI=1S/C39H49NO6/c1-27-33-20-11-28(26-43-46-39(5,6)7)25-34(33)45-36(35(27)29-12-18-32(19-13-29)44-37(41)38(2,3)4)30-14-16-31(17-15-30)42-24-23-40-21-9-8-10-22-40/h11-20,25,36H,8-10,21-24,26H2,1-7H3/t36-/m0/s1. The maximum atomic E-state index is 12.5. The molecule has 0 saturated carbocycles. The van der Waals surface area contributed by atoms with Crippen LogP contribution in [0.5, 0.6) is 17.2 Å². The van der Waals surface area contributed by atoms with Crippen molar-refractivity contribution in [2.75, 3.05) is 26.2 Å². The van der Waals surface area contributed by atoms with E-state index in [1.807, 2.05) is 90.1 Å². The van der Waals surface area contributed by atoms with Crippen molar-refractivity contribution >= 4 is 17.1 Å². The molecule has 3 aromatic rings. The van der Waals surface area contributed by atoms with Gasteiger partial charge in [0.2, 0.25) is 0 Å². The van der Waals surface area contributed by atoms with Gasteiger partial charge >= 0.3 is 5.97 Å². The number of hydrogen-bond acceptors (Lipinski definition) is 7. The zero-order chi connectivity index (χ0) is 32.9. The van der Waals surface area contributed by atoms with Gasteiger partial charge in [-0.1, -0.05) is 42.8 Å². The number of rotatable bonds is 10. The van der Waals surface area contributed by atoms with Crippen molar-refractivity contribution < 1.29 is 28.8 Å². The van der Waals surface area contributed by atoms with Crippen molar-refractivity contribution in [3.05, 3.63) is 89.0 Å². The third kappa shape index (κ3) is 8.78. The van der Waals surface area contributed by atoms with Crippen LogP contribution in [-0.2, 0) is 21.2 Å². The number of esters is 1. The van der Waals surface area contributed by atoms with Gasteiger partial charge < -0.3 is 14.2 Å². The maximum Gasteiger partial charge on any atom is 0.316 e. The summed E-state index contributed by atoms with van der Waals surface area (Å²) < 4.78 is 18.6. The largest absolute Gasteiger partial charge is 0.492 e. The topological polar surface area (TPSA) is 66.5 Å². The first-order valence-electron chi connectivity index (χ1n) is 16.5. The Morgan fingerprint density at radius 1 is 0.870 bits per heavy atom. The van der Waals surface area contributed by atoms with Crippen LogP contribution < -0.4 is 14.2 Å². The molecule has 0 amide bonds. The highest BCUT2D eigenvalue weighted by atomic mass is 17.2. The van der Waals surface area contributed by atoms with Crippen molar-refractivity contribution in [3.8, 4) is 17.2 Å². The van der Waals surface area contributed by atoms with Gasteiger partial charge in [0, 0.05) is 17.7 Å². The lowest BCUT2D eigenvalue weighted by Gasteiger charge is -2.31. The number of fused-ring (bicyclic) bond motifs is 1. The average Bonchev–Trinajstić information content (AvgIpc) is 3.01. The van der Waals surface area contributed by atoms with E-state index in [0.717, 1.165) is 64.5 Å². The summed E-state index contributed by atoms with van der Waals surface area (Å²) >= 11 is 0. The molecule has 0 unspecified atom stereocenters. The molecule has 1 atom stereocenters. The van der Waals surface area contributed by atoms with E-state index >= 15 is 0 Å². The van der Waals surface area contributed by atoms with Crippen LogP contribution in [0.4, 0.5) is 0 Å². The Morgan fingerprint density at radius 2 is 1.54 bits per heavy atom. The minimum absolute atomic E-state index is 0.269. The Balaban J connectivity index is 1.40. The van der Waals surface area contributed by atoms with Crippen LogP contribution in [0.3, 0.4) is 0 Å². The van der Waals surface area contributed by atoms with E-state index in [-0.39, 0.29) is 12.1 Å². The van der Waals surface area contributed by atoms with E-state index in [1.54, 1.807) is 0 Å². The summed E-state index contributed by atoms with van der Waals surface area (Å²) in [7, 11) is 0.